The van der Waals surface area contributed by atoms with Crippen LogP contribution in [0, 0.1) is 0 Å². The molecule has 4 nitrogen and oxygen atoms in total. The van der Waals surface area contributed by atoms with E-state index in [0.717, 1.165) is 25.7 Å². The lowest BCUT2D eigenvalue weighted by Crippen LogP contribution is -2.30. The maximum atomic E-state index is 12.5. The summed E-state index contributed by atoms with van der Waals surface area (Å²) in [5.74, 6) is 0. The third-order valence-electron chi connectivity index (χ3n) is 3.82. The van der Waals surface area contributed by atoms with Crippen molar-refractivity contribution >= 4 is 10.0 Å². The molecular weight excluding hydrogens is 274 g/mol. The first-order valence-electron chi connectivity index (χ1n) is 7.19. The SMILES string of the molecule is CCCCc1ccc(S(=O)(=O)N2CC[C@H](OC)C2)cc1. The van der Waals surface area contributed by atoms with Crippen molar-refractivity contribution in [2.75, 3.05) is 20.2 Å². The van der Waals surface area contributed by atoms with Crippen molar-refractivity contribution in [1.82, 2.24) is 4.31 Å². The van der Waals surface area contributed by atoms with Gasteiger partial charge in [0.2, 0.25) is 10.0 Å². The number of rotatable bonds is 6. The van der Waals surface area contributed by atoms with E-state index in [9.17, 15) is 8.42 Å². The van der Waals surface area contributed by atoms with E-state index in [-0.39, 0.29) is 6.10 Å². The first-order valence-corrected chi connectivity index (χ1v) is 8.64. The van der Waals surface area contributed by atoms with Gasteiger partial charge in [-0.2, -0.15) is 4.31 Å². The fourth-order valence-electron chi connectivity index (χ4n) is 2.47. The molecule has 112 valence electrons. The van der Waals surface area contributed by atoms with E-state index >= 15 is 0 Å². The molecule has 1 heterocycles. The summed E-state index contributed by atoms with van der Waals surface area (Å²) in [6, 6.07) is 7.29. The minimum Gasteiger partial charge on any atom is -0.380 e. The Morgan fingerprint density at radius 2 is 2.00 bits per heavy atom. The molecule has 1 saturated heterocycles. The van der Waals surface area contributed by atoms with Gasteiger partial charge in [0.25, 0.3) is 0 Å². The molecule has 0 aliphatic carbocycles. The normalized spacial score (nSPS) is 20.4. The van der Waals surface area contributed by atoms with Gasteiger partial charge in [0.05, 0.1) is 11.0 Å². The molecule has 1 aliphatic heterocycles. The first kappa shape index (κ1) is 15.5. The second-order valence-corrected chi connectivity index (χ2v) is 7.19. The van der Waals surface area contributed by atoms with Gasteiger partial charge in [-0.05, 0) is 37.0 Å². The summed E-state index contributed by atoms with van der Waals surface area (Å²) >= 11 is 0. The largest absolute Gasteiger partial charge is 0.380 e. The summed E-state index contributed by atoms with van der Waals surface area (Å²) in [5.41, 5.74) is 1.20. The lowest BCUT2D eigenvalue weighted by atomic mass is 10.1. The van der Waals surface area contributed by atoms with Crippen molar-refractivity contribution in [1.29, 1.82) is 0 Å². The summed E-state index contributed by atoms with van der Waals surface area (Å²) in [4.78, 5) is 0.384. The van der Waals surface area contributed by atoms with Crippen LogP contribution in [0.15, 0.2) is 29.2 Å². The van der Waals surface area contributed by atoms with Gasteiger partial charge in [-0.25, -0.2) is 8.42 Å². The van der Waals surface area contributed by atoms with Gasteiger partial charge in [0.1, 0.15) is 0 Å². The predicted octanol–water partition coefficient (Wildman–Crippen LogP) is 2.44. The van der Waals surface area contributed by atoms with Gasteiger partial charge >= 0.3 is 0 Å². The Bertz CT molecular complexity index is 525. The van der Waals surface area contributed by atoms with Crippen molar-refractivity contribution in [3.8, 4) is 0 Å². The Balaban J connectivity index is 2.10. The summed E-state index contributed by atoms with van der Waals surface area (Å²) in [7, 11) is -1.74. The van der Waals surface area contributed by atoms with Crippen molar-refractivity contribution in [2.24, 2.45) is 0 Å². The third-order valence-corrected chi connectivity index (χ3v) is 5.70. The molecule has 5 heteroatoms. The number of methoxy groups -OCH3 is 1. The lowest BCUT2D eigenvalue weighted by molar-refractivity contribution is 0.115. The molecule has 0 radical (unpaired) electrons. The minimum absolute atomic E-state index is 0.0219. The quantitative estimate of drug-likeness (QED) is 0.810. The zero-order valence-electron chi connectivity index (χ0n) is 12.2. The molecule has 0 saturated carbocycles. The van der Waals surface area contributed by atoms with Crippen molar-refractivity contribution in [2.45, 2.75) is 43.6 Å². The van der Waals surface area contributed by atoms with Crippen molar-refractivity contribution in [3.05, 3.63) is 29.8 Å². The van der Waals surface area contributed by atoms with Crippen molar-refractivity contribution in [3.63, 3.8) is 0 Å². The number of hydrogen-bond donors (Lipinski definition) is 0. The number of aryl methyl sites for hydroxylation is 1. The molecule has 1 aromatic carbocycles. The smallest absolute Gasteiger partial charge is 0.243 e. The highest BCUT2D eigenvalue weighted by molar-refractivity contribution is 7.89. The van der Waals surface area contributed by atoms with E-state index in [1.54, 1.807) is 19.2 Å². The molecule has 0 spiro atoms. The molecule has 2 rings (SSSR count). The Morgan fingerprint density at radius 3 is 2.55 bits per heavy atom. The zero-order valence-corrected chi connectivity index (χ0v) is 13.0. The van der Waals surface area contributed by atoms with Gasteiger partial charge in [-0.1, -0.05) is 25.5 Å². The molecule has 1 atom stereocenters. The van der Waals surface area contributed by atoms with Crippen molar-refractivity contribution < 1.29 is 13.2 Å². The number of nitrogens with zero attached hydrogens (tertiary/aromatic N) is 1. The molecule has 0 bridgehead atoms. The second-order valence-electron chi connectivity index (χ2n) is 5.26. The van der Waals surface area contributed by atoms with Crippen LogP contribution in [-0.4, -0.2) is 39.0 Å². The number of benzene rings is 1. The minimum atomic E-state index is -3.37. The Labute approximate surface area is 121 Å². The zero-order chi connectivity index (χ0) is 14.6. The average Bonchev–Trinajstić information content (AvgIpc) is 2.95. The standard InChI is InChI=1S/C15H23NO3S/c1-3-4-5-13-6-8-15(9-7-13)20(17,18)16-11-10-14(12-16)19-2/h6-9,14H,3-5,10-12H2,1-2H3/t14-/m0/s1. The van der Waals surface area contributed by atoms with Crippen LogP contribution in [-0.2, 0) is 21.2 Å². The monoisotopic (exact) mass is 297 g/mol. The molecule has 1 aliphatic rings. The summed E-state index contributed by atoms with van der Waals surface area (Å²) in [6.45, 7) is 3.15. The first-order chi connectivity index (χ1) is 9.57. The van der Waals surface area contributed by atoms with Crippen LogP contribution in [0.25, 0.3) is 0 Å². The molecular formula is C15H23NO3S. The van der Waals surface area contributed by atoms with Crippen LogP contribution in [0.2, 0.25) is 0 Å². The fraction of sp³-hybridized carbons (Fsp3) is 0.600. The van der Waals surface area contributed by atoms with Gasteiger partial charge in [0.15, 0.2) is 0 Å². The third kappa shape index (κ3) is 3.40. The Hall–Kier alpha value is -0.910. The van der Waals surface area contributed by atoms with Gasteiger partial charge in [0, 0.05) is 20.2 Å². The highest BCUT2D eigenvalue weighted by Crippen LogP contribution is 2.22. The Kier molecular flexibility index (Phi) is 5.18. The van der Waals surface area contributed by atoms with Crippen LogP contribution in [0.5, 0.6) is 0 Å². The van der Waals surface area contributed by atoms with E-state index in [1.807, 2.05) is 12.1 Å². The molecule has 1 fully saturated rings. The molecule has 0 unspecified atom stereocenters. The van der Waals surface area contributed by atoms with Crippen LogP contribution in [0.3, 0.4) is 0 Å². The fourth-order valence-corrected chi connectivity index (χ4v) is 3.95. The van der Waals surface area contributed by atoms with E-state index < -0.39 is 10.0 Å². The van der Waals surface area contributed by atoms with E-state index in [2.05, 4.69) is 6.92 Å². The molecule has 1 aromatic rings. The number of unbranched alkanes of at least 4 members (excludes halogenated alkanes) is 1. The van der Waals surface area contributed by atoms with Crippen LogP contribution < -0.4 is 0 Å². The predicted molar refractivity (Wildman–Crippen MR) is 79.2 cm³/mol. The highest BCUT2D eigenvalue weighted by atomic mass is 32.2. The van der Waals surface area contributed by atoms with Crippen LogP contribution >= 0.6 is 0 Å². The maximum Gasteiger partial charge on any atom is 0.243 e. The molecule has 0 amide bonds. The van der Waals surface area contributed by atoms with E-state index in [4.69, 9.17) is 4.74 Å². The second kappa shape index (κ2) is 6.70. The van der Waals surface area contributed by atoms with Gasteiger partial charge < -0.3 is 4.74 Å². The number of hydrogen-bond acceptors (Lipinski definition) is 3. The number of ether oxygens (including phenoxy) is 1. The van der Waals surface area contributed by atoms with E-state index in [1.165, 1.54) is 9.87 Å². The topological polar surface area (TPSA) is 46.6 Å². The van der Waals surface area contributed by atoms with Crippen LogP contribution in [0.4, 0.5) is 0 Å². The van der Waals surface area contributed by atoms with Crippen LogP contribution in [0.1, 0.15) is 31.7 Å². The van der Waals surface area contributed by atoms with E-state index in [0.29, 0.717) is 18.0 Å². The summed E-state index contributed by atoms with van der Waals surface area (Å²) < 4.78 is 31.7. The number of sulfonamides is 1. The summed E-state index contributed by atoms with van der Waals surface area (Å²) in [6.07, 6.45) is 4.07. The summed E-state index contributed by atoms with van der Waals surface area (Å²) in [5, 5.41) is 0. The average molecular weight is 297 g/mol. The molecule has 0 N–H and O–H groups in total. The maximum absolute atomic E-state index is 12.5. The molecule has 20 heavy (non-hydrogen) atoms. The van der Waals surface area contributed by atoms with Gasteiger partial charge in [-0.15, -0.1) is 0 Å². The Morgan fingerprint density at radius 1 is 1.30 bits per heavy atom. The highest BCUT2D eigenvalue weighted by Gasteiger charge is 2.32. The van der Waals surface area contributed by atoms with Gasteiger partial charge in [-0.3, -0.25) is 0 Å². The lowest BCUT2D eigenvalue weighted by Gasteiger charge is -2.16. The molecule has 0 aromatic heterocycles.